The Kier molecular flexibility index (Phi) is 16.2. The number of piperidine rings is 2. The lowest BCUT2D eigenvalue weighted by Crippen LogP contribution is -2.49. The first-order valence-electron chi connectivity index (χ1n) is 26.4. The van der Waals surface area contributed by atoms with E-state index in [9.17, 15) is 9.90 Å². The van der Waals surface area contributed by atoms with Crippen molar-refractivity contribution in [3.05, 3.63) is 126 Å². The van der Waals surface area contributed by atoms with E-state index in [0.29, 0.717) is 35.8 Å². The number of anilines is 6. The van der Waals surface area contributed by atoms with Crippen molar-refractivity contribution < 1.29 is 14.6 Å². The smallest absolute Gasteiger partial charge is 0.229 e. The molecule has 3 aliphatic heterocycles. The summed E-state index contributed by atoms with van der Waals surface area (Å²) in [5.41, 5.74) is 9.05. The Bertz CT molecular complexity index is 2830. The number of aryl methyl sites for hydroxylation is 3. The molecule has 0 spiro atoms. The number of rotatable bonds is 18. The van der Waals surface area contributed by atoms with Crippen molar-refractivity contribution in [1.29, 1.82) is 0 Å². The number of aromatic hydroxyl groups is 1. The quantitative estimate of drug-likeness (QED) is 0.0848. The van der Waals surface area contributed by atoms with Crippen LogP contribution in [-0.4, -0.2) is 130 Å². The molecule has 0 aliphatic carbocycles. The molecular weight excluding hydrogens is 913 g/mol. The molecule has 15 nitrogen and oxygen atoms in total. The van der Waals surface area contributed by atoms with Crippen LogP contribution in [0.4, 0.5) is 34.5 Å². The maximum absolute atomic E-state index is 13.9. The van der Waals surface area contributed by atoms with E-state index in [1.807, 2.05) is 73.9 Å². The minimum atomic E-state index is 0.0590. The van der Waals surface area contributed by atoms with E-state index >= 15 is 0 Å². The van der Waals surface area contributed by atoms with E-state index in [1.54, 1.807) is 12.3 Å². The SMILES string of the molecule is C=CN(C)c1cnc(Nc2ccc(N3CCC(C(=O)N4CCC(CN5CCN(Cc6ccc(-n7c(C)nnc7-c7cc(CCC)ccc7O)cc6)CC5)CC4)CC3)cc2OCC)nc1N(C)c1ccccc1C. The molecule has 5 heterocycles. The zero-order valence-corrected chi connectivity index (χ0v) is 43.8. The van der Waals surface area contributed by atoms with Gasteiger partial charge in [0.1, 0.15) is 23.0 Å². The van der Waals surface area contributed by atoms with Crippen molar-refractivity contribution in [2.45, 2.75) is 72.8 Å². The molecular formula is C58H74N12O3. The first-order chi connectivity index (χ1) is 35.5. The highest BCUT2D eigenvalue weighted by atomic mass is 16.5. The van der Waals surface area contributed by atoms with Gasteiger partial charge in [-0.05, 0) is 124 Å². The number of nitrogens with one attached hydrogen (secondary N) is 1. The fourth-order valence-electron chi connectivity index (χ4n) is 10.8. The third-order valence-electron chi connectivity index (χ3n) is 15.1. The third-order valence-corrected chi connectivity index (χ3v) is 15.1. The van der Waals surface area contributed by atoms with Crippen molar-refractivity contribution in [3.8, 4) is 28.6 Å². The Morgan fingerprint density at radius 2 is 1.53 bits per heavy atom. The normalized spacial score (nSPS) is 16.1. The topological polar surface area (TPSA) is 134 Å². The number of carbonyl (C=O) groups excluding carboxylic acids is 1. The van der Waals surface area contributed by atoms with Crippen LogP contribution >= 0.6 is 0 Å². The van der Waals surface area contributed by atoms with Crippen LogP contribution in [0.2, 0.25) is 0 Å². The van der Waals surface area contributed by atoms with E-state index < -0.39 is 0 Å². The number of aromatic nitrogens is 5. The maximum Gasteiger partial charge on any atom is 0.229 e. The highest BCUT2D eigenvalue weighted by Crippen LogP contribution is 2.38. The number of amides is 1. The molecule has 0 atom stereocenters. The minimum absolute atomic E-state index is 0.0590. The second-order valence-electron chi connectivity index (χ2n) is 20.1. The summed E-state index contributed by atoms with van der Waals surface area (Å²) in [6, 6.07) is 29.0. The second kappa shape index (κ2) is 23.3. The van der Waals surface area contributed by atoms with Crippen molar-refractivity contribution in [1.82, 2.24) is 39.4 Å². The molecule has 6 aromatic rings. The van der Waals surface area contributed by atoms with E-state index in [2.05, 4.69) is 109 Å². The summed E-state index contributed by atoms with van der Waals surface area (Å²) in [5.74, 6) is 4.60. The average molecular weight is 987 g/mol. The number of benzene rings is 4. The van der Waals surface area contributed by atoms with E-state index in [1.165, 1.54) is 11.1 Å². The number of hydrogen-bond acceptors (Lipinski definition) is 13. The summed E-state index contributed by atoms with van der Waals surface area (Å²) in [7, 11) is 3.96. The van der Waals surface area contributed by atoms with Crippen LogP contribution in [0, 0.1) is 25.7 Å². The zero-order valence-electron chi connectivity index (χ0n) is 43.8. The van der Waals surface area contributed by atoms with Crippen molar-refractivity contribution in [2.24, 2.45) is 11.8 Å². The van der Waals surface area contributed by atoms with Crippen molar-refractivity contribution >= 4 is 40.4 Å². The molecule has 3 fully saturated rings. The maximum atomic E-state index is 13.9. The van der Waals surface area contributed by atoms with Crippen LogP contribution in [-0.2, 0) is 17.8 Å². The zero-order chi connectivity index (χ0) is 51.0. The number of likely N-dealkylation sites (tertiary alicyclic amines) is 1. The third kappa shape index (κ3) is 11.8. The lowest BCUT2D eigenvalue weighted by Gasteiger charge is -2.40. The average Bonchev–Trinajstić information content (AvgIpc) is 3.80. The van der Waals surface area contributed by atoms with Crippen LogP contribution in [0.5, 0.6) is 11.5 Å². The number of para-hydroxylation sites is 1. The first kappa shape index (κ1) is 51.0. The summed E-state index contributed by atoms with van der Waals surface area (Å²) in [5, 5.41) is 23.1. The Balaban J connectivity index is 0.723. The van der Waals surface area contributed by atoms with Gasteiger partial charge >= 0.3 is 0 Å². The van der Waals surface area contributed by atoms with E-state index in [4.69, 9.17) is 14.7 Å². The monoisotopic (exact) mass is 987 g/mol. The largest absolute Gasteiger partial charge is 0.507 e. The van der Waals surface area contributed by atoms with Gasteiger partial charge in [-0.25, -0.2) is 4.98 Å². The molecule has 0 radical (unpaired) electrons. The second-order valence-corrected chi connectivity index (χ2v) is 20.1. The number of hydrogen-bond donors (Lipinski definition) is 2. The van der Waals surface area contributed by atoms with Gasteiger partial charge in [0.05, 0.1) is 24.1 Å². The van der Waals surface area contributed by atoms with Gasteiger partial charge in [-0.15, -0.1) is 10.2 Å². The summed E-state index contributed by atoms with van der Waals surface area (Å²) in [6.45, 7) is 22.3. The van der Waals surface area contributed by atoms with Gasteiger partial charge in [0.2, 0.25) is 11.9 Å². The lowest BCUT2D eigenvalue weighted by molar-refractivity contribution is -0.137. The summed E-state index contributed by atoms with van der Waals surface area (Å²) >= 11 is 0. The van der Waals surface area contributed by atoms with Crippen molar-refractivity contribution in [3.63, 3.8) is 0 Å². The number of carbonyl (C=O) groups is 1. The Labute approximate surface area is 432 Å². The number of ether oxygens (including phenoxy) is 1. The summed E-state index contributed by atoms with van der Waals surface area (Å²) in [6.07, 6.45) is 9.38. The number of nitrogens with zero attached hydrogens (tertiary/aromatic N) is 11. The molecule has 0 bridgehead atoms. The fraction of sp³-hybridized carbons (Fsp3) is 0.431. The summed E-state index contributed by atoms with van der Waals surface area (Å²) in [4.78, 5) is 37.3. The van der Waals surface area contributed by atoms with Crippen LogP contribution in [0.15, 0.2) is 104 Å². The van der Waals surface area contributed by atoms with Crippen LogP contribution < -0.4 is 24.8 Å². The molecule has 3 aliphatic rings. The lowest BCUT2D eigenvalue weighted by atomic mass is 9.91. The molecule has 73 heavy (non-hydrogen) atoms. The highest BCUT2D eigenvalue weighted by Gasteiger charge is 2.32. The van der Waals surface area contributed by atoms with Crippen molar-refractivity contribution in [2.75, 3.05) is 99.6 Å². The van der Waals surface area contributed by atoms with E-state index in [-0.39, 0.29) is 11.7 Å². The molecule has 15 heteroatoms. The highest BCUT2D eigenvalue weighted by molar-refractivity contribution is 5.80. The first-order valence-corrected chi connectivity index (χ1v) is 26.4. The van der Waals surface area contributed by atoms with Crippen LogP contribution in [0.1, 0.15) is 68.5 Å². The van der Waals surface area contributed by atoms with Gasteiger partial charge < -0.3 is 39.7 Å². The van der Waals surface area contributed by atoms with E-state index in [0.717, 1.165) is 155 Å². The molecule has 9 rings (SSSR count). The molecule has 3 saturated heterocycles. The molecule has 2 aromatic heterocycles. The number of phenols is 1. The molecule has 384 valence electrons. The van der Waals surface area contributed by atoms with Gasteiger partial charge in [-0.2, -0.15) is 4.98 Å². The van der Waals surface area contributed by atoms with Gasteiger partial charge in [0, 0.05) is 109 Å². The van der Waals surface area contributed by atoms with Crippen LogP contribution in [0.3, 0.4) is 0 Å². The van der Waals surface area contributed by atoms with Gasteiger partial charge in [0.25, 0.3) is 0 Å². The molecule has 0 unspecified atom stereocenters. The van der Waals surface area contributed by atoms with Gasteiger partial charge in [-0.3, -0.25) is 14.3 Å². The molecule has 2 N–H and O–H groups in total. The standard InChI is InChI=1S/C58H74N12O3/c1-8-13-43-18-23-53(71)49(36-43)55-63-62-42(5)70(55)47-19-16-44(17-20-47)39-66-32-34-67(35-33-66)40-45-24-28-69(29-25-45)57(72)46-26-30-68(31-27-46)48-21-22-50(54(37-48)73-10-3)60-58-59-38-52(64(6)9-2)56(61-58)65(7)51-15-12-11-14-41(51)4/h9,11-12,14-23,36-38,45-46,71H,2,8,10,13,24-35,39-40H2,1,3-7H3,(H,59,60,61). The Morgan fingerprint density at radius 1 is 0.822 bits per heavy atom. The summed E-state index contributed by atoms with van der Waals surface area (Å²) < 4.78 is 8.22. The molecule has 0 saturated carbocycles. The predicted octanol–water partition coefficient (Wildman–Crippen LogP) is 9.76. The Morgan fingerprint density at radius 3 is 2.25 bits per heavy atom. The van der Waals surface area contributed by atoms with Gasteiger partial charge in [-0.1, -0.05) is 56.3 Å². The number of phenolic OH excluding ortho intramolecular Hbond substituents is 1. The fourth-order valence-corrected chi connectivity index (χ4v) is 10.8. The van der Waals surface area contributed by atoms with Gasteiger partial charge in [0.15, 0.2) is 11.6 Å². The number of piperazine rings is 1. The predicted molar refractivity (Wildman–Crippen MR) is 294 cm³/mol. The molecule has 1 amide bonds. The minimum Gasteiger partial charge on any atom is -0.507 e. The van der Waals surface area contributed by atoms with Crippen LogP contribution in [0.25, 0.3) is 17.1 Å². The molecule has 4 aromatic carbocycles. The Hall–Kier alpha value is -6.97.